The van der Waals surface area contributed by atoms with Crippen LogP contribution in [-0.4, -0.2) is 94.0 Å². The summed E-state index contributed by atoms with van der Waals surface area (Å²) < 4.78 is 13.0. The van der Waals surface area contributed by atoms with Crippen LogP contribution in [0.3, 0.4) is 0 Å². The lowest BCUT2D eigenvalue weighted by molar-refractivity contribution is -0.164. The SMILES string of the molecule is C=CCCC(=O)N(C)[C@H](C)[C@H](OC(=O)[C@H]1[C@@H]2O[C@@]3(CC2Br)[C@@H]1C(=O)N(CCCO)[C@@H]3C(=O)N(CC=C)c1ccc(Cl)cc1)c1ccccc1. The third kappa shape index (κ3) is 6.95. The fraction of sp³-hybridized carbons (Fsp3) is 0.459. The largest absolute Gasteiger partial charge is 0.455 e. The van der Waals surface area contributed by atoms with Crippen LogP contribution in [0.4, 0.5) is 5.69 Å². The van der Waals surface area contributed by atoms with Gasteiger partial charge < -0.3 is 29.3 Å². The van der Waals surface area contributed by atoms with E-state index in [4.69, 9.17) is 21.1 Å². The zero-order valence-electron chi connectivity index (χ0n) is 27.8. The predicted molar refractivity (Wildman–Crippen MR) is 190 cm³/mol. The summed E-state index contributed by atoms with van der Waals surface area (Å²) in [7, 11) is 1.68. The number of halogens is 2. The molecule has 3 fully saturated rings. The number of nitrogens with zero attached hydrogens (tertiary/aromatic N) is 3. The van der Waals surface area contributed by atoms with Crippen molar-refractivity contribution in [2.45, 2.75) is 67.3 Å². The first-order valence-electron chi connectivity index (χ1n) is 16.5. The lowest BCUT2D eigenvalue weighted by atomic mass is 9.70. The molecule has 5 rings (SSSR count). The molecule has 3 saturated heterocycles. The minimum absolute atomic E-state index is 0.0938. The Balaban J connectivity index is 1.50. The first-order chi connectivity index (χ1) is 23.5. The van der Waals surface area contributed by atoms with Gasteiger partial charge in [-0.15, -0.1) is 13.2 Å². The fourth-order valence-electron chi connectivity index (χ4n) is 7.50. The minimum Gasteiger partial charge on any atom is -0.455 e. The number of hydrogen-bond acceptors (Lipinski definition) is 7. The summed E-state index contributed by atoms with van der Waals surface area (Å²) in [5.74, 6) is -3.57. The van der Waals surface area contributed by atoms with Gasteiger partial charge in [0.2, 0.25) is 11.8 Å². The van der Waals surface area contributed by atoms with E-state index < -0.39 is 53.6 Å². The molecule has 1 N–H and O–H groups in total. The zero-order chi connectivity index (χ0) is 35.5. The molecule has 3 aliphatic heterocycles. The lowest BCUT2D eigenvalue weighted by Gasteiger charge is -2.37. The van der Waals surface area contributed by atoms with E-state index in [1.165, 1.54) is 9.80 Å². The van der Waals surface area contributed by atoms with Gasteiger partial charge >= 0.3 is 5.97 Å². The molecule has 0 radical (unpaired) electrons. The van der Waals surface area contributed by atoms with Crippen LogP contribution in [0.5, 0.6) is 0 Å². The molecule has 3 heterocycles. The number of carbonyl (C=O) groups excluding carboxylic acids is 4. The number of aliphatic hydroxyl groups excluding tert-OH is 1. The first-order valence-corrected chi connectivity index (χ1v) is 17.8. The molecule has 10 nitrogen and oxygen atoms in total. The Labute approximate surface area is 300 Å². The van der Waals surface area contributed by atoms with Crippen molar-refractivity contribution in [3.63, 3.8) is 0 Å². The Morgan fingerprint density at radius 1 is 1.16 bits per heavy atom. The molecule has 1 unspecified atom stereocenters. The van der Waals surface area contributed by atoms with Crippen LogP contribution in [0.15, 0.2) is 79.9 Å². The number of likely N-dealkylation sites (N-methyl/N-ethyl adjacent to an activating group) is 1. The van der Waals surface area contributed by atoms with Crippen LogP contribution < -0.4 is 4.90 Å². The van der Waals surface area contributed by atoms with Crippen molar-refractivity contribution in [2.24, 2.45) is 11.8 Å². The first kappa shape index (κ1) is 36.8. The van der Waals surface area contributed by atoms with E-state index >= 15 is 0 Å². The summed E-state index contributed by atoms with van der Waals surface area (Å²) in [5, 5.41) is 10.2. The number of anilines is 1. The van der Waals surface area contributed by atoms with Gasteiger partial charge in [0.25, 0.3) is 5.91 Å². The number of carbonyl (C=O) groups is 4. The van der Waals surface area contributed by atoms with Crippen LogP contribution >= 0.6 is 27.5 Å². The van der Waals surface area contributed by atoms with Gasteiger partial charge in [-0.2, -0.15) is 0 Å². The highest BCUT2D eigenvalue weighted by Gasteiger charge is 2.77. The van der Waals surface area contributed by atoms with Gasteiger partial charge in [0.1, 0.15) is 17.7 Å². The Bertz CT molecular complexity index is 1560. The number of ether oxygens (including phenoxy) is 2. The van der Waals surface area contributed by atoms with Crippen molar-refractivity contribution in [1.82, 2.24) is 9.80 Å². The molecule has 0 saturated carbocycles. The smallest absolute Gasteiger partial charge is 0.313 e. The molecular weight excluding hydrogens is 714 g/mol. The number of rotatable bonds is 15. The highest BCUT2D eigenvalue weighted by Crippen LogP contribution is 2.60. The summed E-state index contributed by atoms with van der Waals surface area (Å²) in [6.07, 6.45) is 3.02. The Morgan fingerprint density at radius 2 is 1.86 bits per heavy atom. The van der Waals surface area contributed by atoms with E-state index in [-0.39, 0.29) is 49.2 Å². The summed E-state index contributed by atoms with van der Waals surface area (Å²) in [4.78, 5) is 60.7. The standard InChI is InChI=1S/C37H43BrClN3O7/c1-5-7-14-28(44)40(4)23(3)31(24-12-9-8-10-13-24)48-36(47)29-30-34(45)42(20-11-21-43)33(37(30)22-27(38)32(29)49-37)35(46)41(19-6-2)26-17-15-25(39)16-18-26/h5-6,8-10,12-13,15-18,23,27,29-33,43H,1-2,7,11,14,19-22H2,3-4H3/t23-,27?,29-,30+,31+,32-,33-,37+/m1/s1. The minimum atomic E-state index is -1.33. The van der Waals surface area contributed by atoms with Crippen LogP contribution in [0.1, 0.15) is 44.3 Å². The number of alkyl halides is 1. The highest BCUT2D eigenvalue weighted by molar-refractivity contribution is 9.09. The Morgan fingerprint density at radius 3 is 2.49 bits per heavy atom. The monoisotopic (exact) mass is 755 g/mol. The van der Waals surface area contributed by atoms with Gasteiger partial charge in [-0.05, 0) is 56.0 Å². The molecule has 2 aromatic carbocycles. The Hall–Kier alpha value is -3.51. The average molecular weight is 757 g/mol. The third-order valence-electron chi connectivity index (χ3n) is 9.94. The topological polar surface area (TPSA) is 117 Å². The van der Waals surface area contributed by atoms with Crippen molar-refractivity contribution >= 4 is 56.9 Å². The van der Waals surface area contributed by atoms with Crippen LogP contribution in [0.2, 0.25) is 5.02 Å². The molecule has 49 heavy (non-hydrogen) atoms. The van der Waals surface area contributed by atoms with Crippen molar-refractivity contribution < 1.29 is 33.8 Å². The van der Waals surface area contributed by atoms with E-state index in [0.717, 1.165) is 0 Å². The van der Waals surface area contributed by atoms with Gasteiger partial charge in [0.05, 0.1) is 24.0 Å². The molecule has 2 bridgehead atoms. The molecule has 12 heteroatoms. The number of esters is 1. The maximum absolute atomic E-state index is 14.6. The average Bonchev–Trinajstić information content (AvgIpc) is 3.70. The van der Waals surface area contributed by atoms with Crippen molar-refractivity contribution in [3.05, 3.63) is 90.5 Å². The molecule has 2 aromatic rings. The van der Waals surface area contributed by atoms with Gasteiger partial charge in [0.15, 0.2) is 0 Å². The number of benzene rings is 2. The van der Waals surface area contributed by atoms with E-state index in [1.54, 1.807) is 48.4 Å². The number of fused-ring (bicyclic) bond motifs is 1. The second kappa shape index (κ2) is 15.6. The lowest BCUT2D eigenvalue weighted by Crippen LogP contribution is -2.57. The number of amides is 3. The zero-order valence-corrected chi connectivity index (χ0v) is 30.1. The second-order valence-corrected chi connectivity index (χ2v) is 14.4. The van der Waals surface area contributed by atoms with Crippen molar-refractivity contribution in [3.8, 4) is 0 Å². The molecule has 262 valence electrons. The van der Waals surface area contributed by atoms with Crippen molar-refractivity contribution in [1.29, 1.82) is 0 Å². The normalized spacial score (nSPS) is 26.5. The number of hydrogen-bond donors (Lipinski definition) is 1. The highest BCUT2D eigenvalue weighted by atomic mass is 79.9. The van der Waals surface area contributed by atoms with Crippen molar-refractivity contribution in [2.75, 3.05) is 31.6 Å². The maximum atomic E-state index is 14.6. The maximum Gasteiger partial charge on any atom is 0.313 e. The third-order valence-corrected chi connectivity index (χ3v) is 11.0. The summed E-state index contributed by atoms with van der Waals surface area (Å²) in [6, 6.07) is 14.4. The van der Waals surface area contributed by atoms with Crippen LogP contribution in [0.25, 0.3) is 0 Å². The van der Waals surface area contributed by atoms with Crippen LogP contribution in [-0.2, 0) is 28.7 Å². The van der Waals surface area contributed by atoms with E-state index in [1.807, 2.05) is 37.3 Å². The molecule has 1 spiro atoms. The summed E-state index contributed by atoms with van der Waals surface area (Å²) in [6.45, 7) is 9.42. The number of likely N-dealkylation sites (tertiary alicyclic amines) is 1. The van der Waals surface area contributed by atoms with Crippen LogP contribution in [0, 0.1) is 11.8 Å². The van der Waals surface area contributed by atoms with Gasteiger partial charge in [-0.3, -0.25) is 19.2 Å². The molecule has 0 aromatic heterocycles. The number of allylic oxidation sites excluding steroid dienone is 1. The molecule has 3 aliphatic rings. The van der Waals surface area contributed by atoms with Gasteiger partial charge in [-0.1, -0.05) is 70.0 Å². The van der Waals surface area contributed by atoms with Gasteiger partial charge in [0, 0.05) is 48.7 Å². The molecule has 0 aliphatic carbocycles. The predicted octanol–water partition coefficient (Wildman–Crippen LogP) is 5.09. The molecule has 3 amide bonds. The quantitative estimate of drug-likeness (QED) is 0.153. The van der Waals surface area contributed by atoms with E-state index in [0.29, 0.717) is 29.1 Å². The summed E-state index contributed by atoms with van der Waals surface area (Å²) in [5.41, 5.74) is -0.0723. The van der Waals surface area contributed by atoms with Gasteiger partial charge in [-0.25, -0.2) is 0 Å². The summed E-state index contributed by atoms with van der Waals surface area (Å²) >= 11 is 9.85. The fourth-order valence-corrected chi connectivity index (χ4v) is 8.57. The second-order valence-electron chi connectivity index (χ2n) is 12.8. The van der Waals surface area contributed by atoms with E-state index in [9.17, 15) is 24.3 Å². The molecule has 8 atom stereocenters. The Kier molecular flexibility index (Phi) is 11.7. The number of aliphatic hydroxyl groups is 1. The van der Waals surface area contributed by atoms with E-state index in [2.05, 4.69) is 29.1 Å². The molecular formula is C37H43BrClN3O7.